The molecule has 2 N–H and O–H groups in total. The van der Waals surface area contributed by atoms with Gasteiger partial charge in [0.25, 0.3) is 0 Å². The molecule has 9 heteroatoms. The molecule has 1 aliphatic rings. The number of nitrogens with zero attached hydrogens (tertiary/aromatic N) is 4. The lowest BCUT2D eigenvalue weighted by Crippen LogP contribution is -2.35. The molecule has 25 heavy (non-hydrogen) atoms. The predicted octanol–water partition coefficient (Wildman–Crippen LogP) is 0.803. The Morgan fingerprint density at radius 2 is 2.00 bits per heavy atom. The second kappa shape index (κ2) is 8.50. The Morgan fingerprint density at radius 1 is 1.36 bits per heavy atom. The summed E-state index contributed by atoms with van der Waals surface area (Å²) in [6.45, 7) is 7.15. The molecule has 0 radical (unpaired) electrons. The molecule has 1 aromatic heterocycles. The first kappa shape index (κ1) is 19.5. The van der Waals surface area contributed by atoms with Crippen molar-refractivity contribution >= 4 is 12.2 Å². The van der Waals surface area contributed by atoms with E-state index in [-0.39, 0.29) is 5.82 Å². The molecule has 0 unspecified atom stereocenters. The number of aliphatic hydroxyl groups excluding tert-OH is 2. The summed E-state index contributed by atoms with van der Waals surface area (Å²) in [6.07, 6.45) is -0.151. The lowest BCUT2D eigenvalue weighted by Gasteiger charge is -2.18. The number of hydrogen-bond acceptors (Lipinski definition) is 6. The van der Waals surface area contributed by atoms with Gasteiger partial charge in [0.1, 0.15) is 12.2 Å². The Kier molecular flexibility index (Phi) is 6.63. The average Bonchev–Trinajstić information content (AvgIpc) is 2.83. The molecule has 4 atom stereocenters. The van der Waals surface area contributed by atoms with Crippen molar-refractivity contribution in [2.24, 2.45) is 4.99 Å². The summed E-state index contributed by atoms with van der Waals surface area (Å²) in [6, 6.07) is 0. The quantitative estimate of drug-likeness (QED) is 0.554. The number of hydrogen-bond donors (Lipinski definition) is 2. The van der Waals surface area contributed by atoms with Gasteiger partial charge in [0, 0.05) is 13.1 Å². The third kappa shape index (κ3) is 4.42. The Hall–Kier alpha value is -1.84. The number of aliphatic imine (C=N–C) groups is 1. The van der Waals surface area contributed by atoms with Crippen molar-refractivity contribution in [3.63, 3.8) is 0 Å². The van der Waals surface area contributed by atoms with Crippen LogP contribution in [0.1, 0.15) is 39.8 Å². The van der Waals surface area contributed by atoms with Crippen molar-refractivity contribution in [3.8, 4) is 0 Å². The van der Waals surface area contributed by atoms with Crippen LogP contribution in [0.25, 0.3) is 0 Å². The van der Waals surface area contributed by atoms with E-state index in [1.54, 1.807) is 6.92 Å². The van der Waals surface area contributed by atoms with E-state index in [1.807, 2.05) is 18.7 Å². The molecule has 0 saturated carbocycles. The fourth-order valence-electron chi connectivity index (χ4n) is 2.71. The molecule has 0 bridgehead atoms. The van der Waals surface area contributed by atoms with Gasteiger partial charge in [-0.1, -0.05) is 13.8 Å². The number of ether oxygens (including phenoxy) is 1. The van der Waals surface area contributed by atoms with Gasteiger partial charge < -0.3 is 19.8 Å². The number of rotatable bonds is 7. The summed E-state index contributed by atoms with van der Waals surface area (Å²) in [5, 5.41) is 19.7. The highest BCUT2D eigenvalue weighted by atomic mass is 19.1. The van der Waals surface area contributed by atoms with Crippen LogP contribution < -0.4 is 5.69 Å². The third-order valence-electron chi connectivity index (χ3n) is 4.00. The van der Waals surface area contributed by atoms with Crippen molar-refractivity contribution in [1.82, 2.24) is 14.5 Å². The lowest BCUT2D eigenvalue weighted by molar-refractivity contribution is -0.0355. The minimum absolute atomic E-state index is 0.320. The summed E-state index contributed by atoms with van der Waals surface area (Å²) >= 11 is 0. The molecule has 1 fully saturated rings. The lowest BCUT2D eigenvalue weighted by atomic mass is 10.1. The minimum atomic E-state index is -1.34. The van der Waals surface area contributed by atoms with E-state index in [1.165, 1.54) is 6.34 Å². The van der Waals surface area contributed by atoms with Crippen LogP contribution in [0.4, 0.5) is 10.2 Å². The Labute approximate surface area is 145 Å². The standard InChI is InChI=1S/C16H25FN4O4/c1-4-6-20(7-5-2)9-18-14-11(17)8-21(16(24)19-14)15-13(23)12(22)10(3)25-15/h8-10,12-13,15,22-23H,4-7H2,1-3H3/t10-,12-,13-,15-/m1/s1. The van der Waals surface area contributed by atoms with Gasteiger partial charge in [0.05, 0.1) is 18.6 Å². The summed E-state index contributed by atoms with van der Waals surface area (Å²) in [7, 11) is 0. The van der Waals surface area contributed by atoms with Crippen molar-refractivity contribution in [1.29, 1.82) is 0 Å². The van der Waals surface area contributed by atoms with Crippen LogP contribution in [0.2, 0.25) is 0 Å². The van der Waals surface area contributed by atoms with Crippen LogP contribution in [-0.4, -0.2) is 62.4 Å². The fourth-order valence-corrected chi connectivity index (χ4v) is 2.71. The van der Waals surface area contributed by atoms with Crippen LogP contribution >= 0.6 is 0 Å². The van der Waals surface area contributed by atoms with Crippen LogP contribution in [0.3, 0.4) is 0 Å². The first-order valence-corrected chi connectivity index (χ1v) is 8.47. The van der Waals surface area contributed by atoms with Crippen LogP contribution in [0.15, 0.2) is 16.0 Å². The van der Waals surface area contributed by atoms with Crippen LogP contribution in [-0.2, 0) is 4.74 Å². The summed E-state index contributed by atoms with van der Waals surface area (Å²) in [5.41, 5.74) is -0.809. The smallest absolute Gasteiger partial charge is 0.352 e. The largest absolute Gasteiger partial charge is 0.388 e. The molecule has 140 valence electrons. The first-order chi connectivity index (χ1) is 11.9. The summed E-state index contributed by atoms with van der Waals surface area (Å²) < 4.78 is 20.4. The number of aromatic nitrogens is 2. The Bertz CT molecular complexity index is 660. The van der Waals surface area contributed by atoms with E-state index >= 15 is 0 Å². The van der Waals surface area contributed by atoms with E-state index in [0.29, 0.717) is 0 Å². The maximum atomic E-state index is 14.3. The highest BCUT2D eigenvalue weighted by Crippen LogP contribution is 2.28. The molecule has 0 aliphatic carbocycles. The molecule has 1 aromatic rings. The minimum Gasteiger partial charge on any atom is -0.388 e. The molecule has 2 heterocycles. The normalized spacial score (nSPS) is 26.5. The number of halogens is 1. The van der Waals surface area contributed by atoms with E-state index < -0.39 is 36.0 Å². The molecule has 0 aromatic carbocycles. The second-order valence-corrected chi connectivity index (χ2v) is 6.10. The van der Waals surface area contributed by atoms with Gasteiger partial charge in [-0.05, 0) is 19.8 Å². The van der Waals surface area contributed by atoms with E-state index in [9.17, 15) is 19.4 Å². The number of aliphatic hydroxyl groups is 2. The van der Waals surface area contributed by atoms with Crippen molar-refractivity contribution < 1.29 is 19.3 Å². The zero-order valence-electron chi connectivity index (χ0n) is 14.7. The zero-order chi connectivity index (χ0) is 18.6. The topological polar surface area (TPSA) is 100 Å². The molecular formula is C16H25FN4O4. The highest BCUT2D eigenvalue weighted by molar-refractivity contribution is 5.59. The van der Waals surface area contributed by atoms with Crippen LogP contribution in [0.5, 0.6) is 0 Å². The molecule has 1 aliphatic heterocycles. The average molecular weight is 356 g/mol. The zero-order valence-corrected chi connectivity index (χ0v) is 14.7. The van der Waals surface area contributed by atoms with Gasteiger partial charge in [-0.3, -0.25) is 4.57 Å². The van der Waals surface area contributed by atoms with Gasteiger partial charge >= 0.3 is 5.69 Å². The van der Waals surface area contributed by atoms with Crippen LogP contribution in [0, 0.1) is 5.82 Å². The fraction of sp³-hybridized carbons (Fsp3) is 0.688. The maximum Gasteiger partial charge on any atom is 0.352 e. The molecule has 8 nitrogen and oxygen atoms in total. The highest BCUT2D eigenvalue weighted by Gasteiger charge is 2.42. The van der Waals surface area contributed by atoms with Crippen molar-refractivity contribution in [2.75, 3.05) is 13.1 Å². The van der Waals surface area contributed by atoms with Gasteiger partial charge in [-0.2, -0.15) is 4.98 Å². The van der Waals surface area contributed by atoms with E-state index in [4.69, 9.17) is 4.74 Å². The Balaban J connectivity index is 2.24. The maximum absolute atomic E-state index is 14.3. The first-order valence-electron chi connectivity index (χ1n) is 8.47. The molecule has 0 spiro atoms. The molecular weight excluding hydrogens is 331 g/mol. The van der Waals surface area contributed by atoms with Gasteiger partial charge in [-0.25, -0.2) is 14.2 Å². The van der Waals surface area contributed by atoms with Crippen molar-refractivity contribution in [2.45, 2.75) is 58.2 Å². The Morgan fingerprint density at radius 3 is 2.52 bits per heavy atom. The van der Waals surface area contributed by atoms with Crippen molar-refractivity contribution in [3.05, 3.63) is 22.5 Å². The van der Waals surface area contributed by atoms with E-state index in [0.717, 1.165) is 36.7 Å². The van der Waals surface area contributed by atoms with Gasteiger partial charge in [0.15, 0.2) is 17.9 Å². The van der Waals surface area contributed by atoms with Gasteiger partial charge in [0.2, 0.25) is 0 Å². The predicted molar refractivity (Wildman–Crippen MR) is 90.4 cm³/mol. The SMILES string of the molecule is CCCN(C=Nc1nc(=O)n([C@@H]2O[C@H](C)[C@@H](O)[C@H]2O)cc1F)CCC. The second-order valence-electron chi connectivity index (χ2n) is 6.10. The molecule has 1 saturated heterocycles. The molecule has 2 rings (SSSR count). The summed E-state index contributed by atoms with van der Waals surface area (Å²) in [4.78, 5) is 21.7. The monoisotopic (exact) mass is 356 g/mol. The van der Waals surface area contributed by atoms with E-state index in [2.05, 4.69) is 9.98 Å². The molecule has 0 amide bonds. The van der Waals surface area contributed by atoms with Gasteiger partial charge in [-0.15, -0.1) is 0 Å². The third-order valence-corrected chi connectivity index (χ3v) is 4.00. The summed E-state index contributed by atoms with van der Waals surface area (Å²) in [5.74, 6) is -1.13.